The Kier molecular flexibility index (Phi) is 4.09. The summed E-state index contributed by atoms with van der Waals surface area (Å²) in [6.45, 7) is 11.1. The van der Waals surface area contributed by atoms with Gasteiger partial charge in [-0.25, -0.2) is 0 Å². The molecule has 2 fully saturated rings. The van der Waals surface area contributed by atoms with Gasteiger partial charge in [-0.05, 0) is 31.6 Å². The average molecular weight is 401 g/mol. The largest absolute Gasteiger partial charge is 0.385 e. The van der Waals surface area contributed by atoms with E-state index < -0.39 is 39.5 Å². The van der Waals surface area contributed by atoms with Crippen molar-refractivity contribution in [3.63, 3.8) is 0 Å². The summed E-state index contributed by atoms with van der Waals surface area (Å²) in [4.78, 5) is 52.2. The number of hydrogen-bond acceptors (Lipinski definition) is 5. The Bertz CT molecular complexity index is 895. The molecule has 1 N–H and O–H groups in total. The van der Waals surface area contributed by atoms with Crippen LogP contribution in [-0.2, 0) is 19.2 Å². The lowest BCUT2D eigenvalue weighted by Gasteiger charge is -2.59. The number of allylic oxidation sites excluding steroid dienone is 1. The summed E-state index contributed by atoms with van der Waals surface area (Å²) in [5, 5.41) is 11.2. The Morgan fingerprint density at radius 1 is 1.00 bits per heavy atom. The van der Waals surface area contributed by atoms with Gasteiger partial charge in [-0.3, -0.25) is 19.2 Å². The van der Waals surface area contributed by atoms with Crippen molar-refractivity contribution in [2.24, 2.45) is 33.5 Å². The molecule has 0 heterocycles. The number of rotatable bonds is 1. The smallest absolute Gasteiger partial charge is 0.188 e. The van der Waals surface area contributed by atoms with Crippen molar-refractivity contribution < 1.29 is 24.3 Å². The molecule has 0 saturated heterocycles. The number of carbonyl (C=O) groups excluding carboxylic acids is 4. The quantitative estimate of drug-likeness (QED) is 0.730. The van der Waals surface area contributed by atoms with Crippen LogP contribution in [0.5, 0.6) is 0 Å². The fourth-order valence-corrected chi connectivity index (χ4v) is 7.78. The predicted molar refractivity (Wildman–Crippen MR) is 107 cm³/mol. The number of hydrogen-bond donors (Lipinski definition) is 1. The second kappa shape index (κ2) is 5.75. The van der Waals surface area contributed by atoms with Crippen molar-refractivity contribution >= 4 is 23.1 Å². The molecule has 0 amide bonds. The molecule has 5 heteroatoms. The Balaban J connectivity index is 1.99. The van der Waals surface area contributed by atoms with Gasteiger partial charge in [-0.15, -0.1) is 0 Å². The molecule has 4 rings (SSSR count). The van der Waals surface area contributed by atoms with Gasteiger partial charge in [-0.1, -0.05) is 34.6 Å². The van der Waals surface area contributed by atoms with E-state index in [0.29, 0.717) is 36.8 Å². The molecule has 0 radical (unpaired) electrons. The molecule has 2 saturated carbocycles. The highest BCUT2D eigenvalue weighted by molar-refractivity contribution is 6.14. The topological polar surface area (TPSA) is 88.5 Å². The number of aliphatic hydroxyl groups excluding tert-OH is 1. The average Bonchev–Trinajstić information content (AvgIpc) is 2.87. The zero-order valence-electron chi connectivity index (χ0n) is 18.3. The molecule has 6 atom stereocenters. The van der Waals surface area contributed by atoms with Crippen LogP contribution in [-0.4, -0.2) is 34.3 Å². The van der Waals surface area contributed by atoms with E-state index in [2.05, 4.69) is 0 Å². The molecule has 29 heavy (non-hydrogen) atoms. The van der Waals surface area contributed by atoms with Gasteiger partial charge >= 0.3 is 0 Å². The molecular weight excluding hydrogens is 368 g/mol. The van der Waals surface area contributed by atoms with E-state index in [0.717, 1.165) is 0 Å². The molecular formula is C24H32O5. The molecule has 5 nitrogen and oxygen atoms in total. The maximum absolute atomic E-state index is 13.6. The van der Waals surface area contributed by atoms with Gasteiger partial charge in [-0.2, -0.15) is 0 Å². The molecule has 0 unspecified atom stereocenters. The third-order valence-corrected chi connectivity index (χ3v) is 9.52. The lowest BCUT2D eigenvalue weighted by Crippen LogP contribution is -2.63. The number of fused-ring (bicyclic) bond motifs is 4. The van der Waals surface area contributed by atoms with Crippen molar-refractivity contribution in [2.45, 2.75) is 79.8 Å². The highest BCUT2D eigenvalue weighted by Gasteiger charge is 2.69. The monoisotopic (exact) mass is 400 g/mol. The summed E-state index contributed by atoms with van der Waals surface area (Å²) in [6, 6.07) is 0. The third kappa shape index (κ3) is 2.20. The SMILES string of the molecule is CC(=O)[C@H]1CC[C@@]2(C)C3=C(C(=O)C[C@]12C)[C@@]1(C)CCC(=O)C(C)(C)[C@@H]1[C@@H](O)C3=O. The van der Waals surface area contributed by atoms with E-state index >= 15 is 0 Å². The lowest BCUT2D eigenvalue weighted by atomic mass is 9.42. The Hall–Kier alpha value is -1.62. The Morgan fingerprint density at radius 2 is 1.62 bits per heavy atom. The van der Waals surface area contributed by atoms with Crippen molar-refractivity contribution in [3.05, 3.63) is 11.1 Å². The lowest BCUT2D eigenvalue weighted by molar-refractivity contribution is -0.159. The Labute approximate surface area is 172 Å². The minimum atomic E-state index is -1.30. The first-order chi connectivity index (χ1) is 13.2. The van der Waals surface area contributed by atoms with Gasteiger partial charge in [0.05, 0.1) is 0 Å². The van der Waals surface area contributed by atoms with Crippen molar-refractivity contribution in [1.82, 2.24) is 0 Å². The van der Waals surface area contributed by atoms with E-state index in [1.165, 1.54) is 0 Å². The second-order valence-electron chi connectivity index (χ2n) is 11.2. The minimum Gasteiger partial charge on any atom is -0.385 e. The highest BCUT2D eigenvalue weighted by Crippen LogP contribution is 2.69. The first kappa shape index (κ1) is 20.6. The molecule has 4 aliphatic rings. The molecule has 0 bridgehead atoms. The standard InChI is InChI=1S/C24H32O5/c1-12(25)13-7-10-23(5)17-16(14(26)11-24(13,23)6)22(4)9-8-15(27)21(2,3)20(22)19(29)18(17)28/h13,19-20,29H,7-11H2,1-6H3/t13-,19+,20+,22-,23+,24-/m1/s1. The molecule has 158 valence electrons. The van der Waals surface area contributed by atoms with Crippen LogP contribution >= 0.6 is 0 Å². The number of Topliss-reactive ketones (excluding diaryl/α,β-unsaturated/α-hetero) is 4. The maximum Gasteiger partial charge on any atom is 0.188 e. The summed E-state index contributed by atoms with van der Waals surface area (Å²) in [5.41, 5.74) is -1.83. The molecule has 4 aliphatic carbocycles. The van der Waals surface area contributed by atoms with Gasteiger partial charge in [0.2, 0.25) is 0 Å². The minimum absolute atomic E-state index is 0.0349. The fraction of sp³-hybridized carbons (Fsp3) is 0.750. The van der Waals surface area contributed by atoms with Crippen LogP contribution in [0.1, 0.15) is 73.6 Å². The van der Waals surface area contributed by atoms with Crippen molar-refractivity contribution in [3.8, 4) is 0 Å². The number of carbonyl (C=O) groups is 4. The summed E-state index contributed by atoms with van der Waals surface area (Å²) < 4.78 is 0. The highest BCUT2D eigenvalue weighted by atomic mass is 16.3. The summed E-state index contributed by atoms with van der Waals surface area (Å²) >= 11 is 0. The van der Waals surface area contributed by atoms with Gasteiger partial charge in [0.15, 0.2) is 11.6 Å². The van der Waals surface area contributed by atoms with Crippen LogP contribution in [0.3, 0.4) is 0 Å². The van der Waals surface area contributed by atoms with Gasteiger partial charge in [0, 0.05) is 52.1 Å². The summed E-state index contributed by atoms with van der Waals surface area (Å²) in [5.74, 6) is -1.25. The van der Waals surface area contributed by atoms with E-state index in [1.54, 1.807) is 20.8 Å². The summed E-state index contributed by atoms with van der Waals surface area (Å²) in [6.07, 6.45) is 1.06. The first-order valence-corrected chi connectivity index (χ1v) is 10.8. The molecule has 0 aromatic carbocycles. The molecule has 0 aromatic rings. The second-order valence-corrected chi connectivity index (χ2v) is 11.2. The zero-order chi connectivity index (χ0) is 21.7. The normalized spacial score (nSPS) is 46.3. The van der Waals surface area contributed by atoms with Gasteiger partial charge in [0.25, 0.3) is 0 Å². The fourth-order valence-electron chi connectivity index (χ4n) is 7.78. The predicted octanol–water partition coefficient (Wildman–Crippen LogP) is 3.22. The van der Waals surface area contributed by atoms with Crippen molar-refractivity contribution in [2.75, 3.05) is 0 Å². The van der Waals surface area contributed by atoms with Crippen LogP contribution in [0.2, 0.25) is 0 Å². The van der Waals surface area contributed by atoms with Crippen LogP contribution < -0.4 is 0 Å². The number of aliphatic hydroxyl groups is 1. The van der Waals surface area contributed by atoms with E-state index in [4.69, 9.17) is 0 Å². The van der Waals surface area contributed by atoms with Gasteiger partial charge in [0.1, 0.15) is 17.7 Å². The van der Waals surface area contributed by atoms with Crippen LogP contribution in [0, 0.1) is 33.5 Å². The van der Waals surface area contributed by atoms with Crippen LogP contribution in [0.4, 0.5) is 0 Å². The molecule has 0 aliphatic heterocycles. The first-order valence-electron chi connectivity index (χ1n) is 10.8. The van der Waals surface area contributed by atoms with E-state index in [9.17, 15) is 24.3 Å². The van der Waals surface area contributed by atoms with E-state index in [1.807, 2.05) is 20.8 Å². The maximum atomic E-state index is 13.6. The molecule has 0 aromatic heterocycles. The molecule has 0 spiro atoms. The van der Waals surface area contributed by atoms with Crippen LogP contribution in [0.15, 0.2) is 11.1 Å². The number of ketones is 4. The van der Waals surface area contributed by atoms with Crippen LogP contribution in [0.25, 0.3) is 0 Å². The Morgan fingerprint density at radius 3 is 2.21 bits per heavy atom. The van der Waals surface area contributed by atoms with Gasteiger partial charge < -0.3 is 5.11 Å². The summed E-state index contributed by atoms with van der Waals surface area (Å²) in [7, 11) is 0. The zero-order valence-corrected chi connectivity index (χ0v) is 18.3. The van der Waals surface area contributed by atoms with E-state index in [-0.39, 0.29) is 29.7 Å². The third-order valence-electron chi connectivity index (χ3n) is 9.52. The van der Waals surface area contributed by atoms with Crippen molar-refractivity contribution in [1.29, 1.82) is 0 Å².